The van der Waals surface area contributed by atoms with E-state index in [0.717, 1.165) is 6.42 Å². The highest BCUT2D eigenvalue weighted by Crippen LogP contribution is 2.03. The molecule has 0 aromatic carbocycles. The summed E-state index contributed by atoms with van der Waals surface area (Å²) >= 11 is 0. The predicted octanol–water partition coefficient (Wildman–Crippen LogP) is 1.91. The number of hydrogen-bond acceptors (Lipinski definition) is 3. The number of hydrogen-bond donors (Lipinski definition) is 0. The number of aliphatic imine (C=N–C) groups is 1. The minimum absolute atomic E-state index is 0.252. The smallest absolute Gasteiger partial charge is 0.250 e. The zero-order valence-electron chi connectivity index (χ0n) is 7.91. The molecular weight excluding hydrogens is 156 g/mol. The Morgan fingerprint density at radius 2 is 2.17 bits per heavy atom. The fourth-order valence-corrected chi connectivity index (χ4v) is 1.10. The van der Waals surface area contributed by atoms with Crippen molar-refractivity contribution in [2.24, 2.45) is 4.99 Å². The van der Waals surface area contributed by atoms with Gasteiger partial charge in [-0.05, 0) is 20.3 Å². The Hall–Kier alpha value is -0.930. The molecule has 0 fully saturated rings. The molecule has 0 aliphatic carbocycles. The van der Waals surface area contributed by atoms with Crippen LogP contribution in [0.15, 0.2) is 4.99 Å². The van der Waals surface area contributed by atoms with Gasteiger partial charge in [-0.3, -0.25) is 15.1 Å². The van der Waals surface area contributed by atoms with E-state index in [1.54, 1.807) is 6.92 Å². The molecule has 70 valence electrons. The topological polar surface area (TPSA) is 55.5 Å². The van der Waals surface area contributed by atoms with Crippen molar-refractivity contribution < 1.29 is 4.92 Å². The summed E-state index contributed by atoms with van der Waals surface area (Å²) in [6, 6.07) is -0.574. The molecule has 4 nitrogen and oxygen atoms in total. The van der Waals surface area contributed by atoms with Gasteiger partial charge in [-0.25, -0.2) is 0 Å². The molecule has 0 amide bonds. The quantitative estimate of drug-likeness (QED) is 0.361. The maximum absolute atomic E-state index is 10.5. The van der Waals surface area contributed by atoms with E-state index >= 15 is 0 Å². The average Bonchev–Trinajstić information content (AvgIpc) is 1.99. The Kier molecular flexibility index (Phi) is 5.25. The summed E-state index contributed by atoms with van der Waals surface area (Å²) < 4.78 is 0. The van der Waals surface area contributed by atoms with Crippen LogP contribution in [-0.4, -0.2) is 23.2 Å². The van der Waals surface area contributed by atoms with Crippen LogP contribution < -0.4 is 0 Å². The first-order valence-corrected chi connectivity index (χ1v) is 4.27. The number of nitro groups is 1. The Labute approximate surface area is 72.8 Å². The van der Waals surface area contributed by atoms with Crippen LogP contribution in [0.1, 0.15) is 33.6 Å². The van der Waals surface area contributed by atoms with Crippen molar-refractivity contribution in [3.8, 4) is 0 Å². The Bertz CT molecular complexity index is 178. The van der Waals surface area contributed by atoms with Gasteiger partial charge in [-0.2, -0.15) is 0 Å². The van der Waals surface area contributed by atoms with Gasteiger partial charge in [0, 0.05) is 17.9 Å². The van der Waals surface area contributed by atoms with Crippen LogP contribution in [0.3, 0.4) is 0 Å². The fraction of sp³-hybridized carbons (Fsp3) is 0.875. The highest BCUT2D eigenvalue weighted by molar-refractivity contribution is 5.86. The lowest BCUT2D eigenvalue weighted by atomic mass is 10.1. The summed E-state index contributed by atoms with van der Waals surface area (Å²) in [4.78, 5) is 14.3. The standard InChI is InChI=1S/C8H16N2O2/c1-4-6-8(10(11)12)7(3)9-5-2/h8H,4-6H2,1-3H3/t8-/m0/s1. The molecule has 12 heavy (non-hydrogen) atoms. The highest BCUT2D eigenvalue weighted by Gasteiger charge is 2.21. The van der Waals surface area contributed by atoms with E-state index in [9.17, 15) is 10.1 Å². The summed E-state index contributed by atoms with van der Waals surface area (Å²) in [6.07, 6.45) is 1.41. The molecule has 0 saturated carbocycles. The molecule has 0 bridgehead atoms. The molecule has 0 N–H and O–H groups in total. The van der Waals surface area contributed by atoms with E-state index in [1.807, 2.05) is 13.8 Å². The van der Waals surface area contributed by atoms with Crippen molar-refractivity contribution in [3.05, 3.63) is 10.1 Å². The Morgan fingerprint density at radius 3 is 2.50 bits per heavy atom. The third-order valence-electron chi connectivity index (χ3n) is 1.71. The van der Waals surface area contributed by atoms with Crippen LogP contribution in [-0.2, 0) is 0 Å². The van der Waals surface area contributed by atoms with Crippen LogP contribution in [0.5, 0.6) is 0 Å². The van der Waals surface area contributed by atoms with Crippen molar-refractivity contribution in [1.29, 1.82) is 0 Å². The zero-order valence-corrected chi connectivity index (χ0v) is 7.91. The predicted molar refractivity (Wildman–Crippen MR) is 49.3 cm³/mol. The average molecular weight is 172 g/mol. The second-order valence-electron chi connectivity index (χ2n) is 2.71. The van der Waals surface area contributed by atoms with Crippen LogP contribution >= 0.6 is 0 Å². The minimum Gasteiger partial charge on any atom is -0.288 e. The lowest BCUT2D eigenvalue weighted by Gasteiger charge is -2.06. The Morgan fingerprint density at radius 1 is 1.58 bits per heavy atom. The van der Waals surface area contributed by atoms with Gasteiger partial charge < -0.3 is 0 Å². The highest BCUT2D eigenvalue weighted by atomic mass is 16.6. The van der Waals surface area contributed by atoms with Crippen molar-refractivity contribution in [2.75, 3.05) is 6.54 Å². The molecule has 0 saturated heterocycles. The van der Waals surface area contributed by atoms with E-state index in [4.69, 9.17) is 0 Å². The summed E-state index contributed by atoms with van der Waals surface area (Å²) in [7, 11) is 0. The van der Waals surface area contributed by atoms with Crippen molar-refractivity contribution >= 4 is 5.71 Å². The van der Waals surface area contributed by atoms with Gasteiger partial charge in [0.15, 0.2) is 0 Å². The molecule has 0 aliphatic rings. The lowest BCUT2D eigenvalue weighted by molar-refractivity contribution is -0.503. The molecule has 1 atom stereocenters. The summed E-state index contributed by atoms with van der Waals surface area (Å²) in [5.41, 5.74) is 0.643. The van der Waals surface area contributed by atoms with Gasteiger partial charge >= 0.3 is 0 Å². The maximum atomic E-state index is 10.5. The number of rotatable bonds is 5. The molecule has 0 radical (unpaired) electrons. The van der Waals surface area contributed by atoms with E-state index in [2.05, 4.69) is 4.99 Å². The van der Waals surface area contributed by atoms with Gasteiger partial charge in [-0.1, -0.05) is 6.92 Å². The molecule has 0 rings (SSSR count). The molecule has 0 aromatic rings. The SMILES string of the molecule is CCC[C@@H](C(C)=NCC)[N+](=O)[O-]. The molecule has 4 heteroatoms. The van der Waals surface area contributed by atoms with Crippen LogP contribution in [0, 0.1) is 10.1 Å². The summed E-state index contributed by atoms with van der Waals surface area (Å²) in [6.45, 7) is 6.18. The molecule has 0 spiro atoms. The second kappa shape index (κ2) is 5.69. The van der Waals surface area contributed by atoms with Gasteiger partial charge in [-0.15, -0.1) is 0 Å². The first-order valence-electron chi connectivity index (χ1n) is 4.27. The third-order valence-corrected chi connectivity index (χ3v) is 1.71. The molecule has 0 unspecified atom stereocenters. The maximum Gasteiger partial charge on any atom is 0.250 e. The largest absolute Gasteiger partial charge is 0.288 e. The number of nitrogens with zero attached hydrogens (tertiary/aromatic N) is 2. The summed E-state index contributed by atoms with van der Waals surface area (Å²) in [5.74, 6) is 0. The second-order valence-corrected chi connectivity index (χ2v) is 2.71. The van der Waals surface area contributed by atoms with E-state index in [0.29, 0.717) is 18.7 Å². The van der Waals surface area contributed by atoms with E-state index in [1.165, 1.54) is 0 Å². The van der Waals surface area contributed by atoms with Gasteiger partial charge in [0.25, 0.3) is 0 Å². The third kappa shape index (κ3) is 3.46. The van der Waals surface area contributed by atoms with Crippen LogP contribution in [0.4, 0.5) is 0 Å². The van der Waals surface area contributed by atoms with Crippen LogP contribution in [0.25, 0.3) is 0 Å². The molecule has 0 heterocycles. The first-order chi connectivity index (χ1) is 5.63. The van der Waals surface area contributed by atoms with Gasteiger partial charge in [0.1, 0.15) is 0 Å². The monoisotopic (exact) mass is 172 g/mol. The molecule has 0 aromatic heterocycles. The van der Waals surface area contributed by atoms with Crippen molar-refractivity contribution in [3.63, 3.8) is 0 Å². The first kappa shape index (κ1) is 11.1. The zero-order chi connectivity index (χ0) is 9.56. The van der Waals surface area contributed by atoms with Gasteiger partial charge in [0.05, 0.1) is 5.71 Å². The lowest BCUT2D eigenvalue weighted by Crippen LogP contribution is -2.27. The van der Waals surface area contributed by atoms with Crippen LogP contribution in [0.2, 0.25) is 0 Å². The molecule has 0 aliphatic heterocycles. The van der Waals surface area contributed by atoms with E-state index in [-0.39, 0.29) is 4.92 Å². The minimum atomic E-state index is -0.574. The van der Waals surface area contributed by atoms with Crippen molar-refractivity contribution in [1.82, 2.24) is 0 Å². The normalized spacial score (nSPS) is 14.4. The fourth-order valence-electron chi connectivity index (χ4n) is 1.10. The summed E-state index contributed by atoms with van der Waals surface area (Å²) in [5, 5.41) is 10.5. The van der Waals surface area contributed by atoms with Gasteiger partial charge in [0.2, 0.25) is 6.04 Å². The van der Waals surface area contributed by atoms with Crippen molar-refractivity contribution in [2.45, 2.75) is 39.7 Å². The van der Waals surface area contributed by atoms with E-state index < -0.39 is 6.04 Å². The molecular formula is C8H16N2O2. The Balaban J connectivity index is 4.29.